The van der Waals surface area contributed by atoms with Gasteiger partial charge in [-0.1, -0.05) is 49.4 Å². The first-order chi connectivity index (χ1) is 14.7. The summed E-state index contributed by atoms with van der Waals surface area (Å²) in [5.41, 5.74) is 2.62. The quantitative estimate of drug-likeness (QED) is 0.378. The molecule has 2 rings (SSSR count). The number of ether oxygens (including phenoxy) is 2. The van der Waals surface area contributed by atoms with Crippen molar-refractivity contribution in [2.24, 2.45) is 5.92 Å². The van der Waals surface area contributed by atoms with Gasteiger partial charge in [0, 0.05) is 31.7 Å². The van der Waals surface area contributed by atoms with Crippen LogP contribution in [0, 0.1) is 5.92 Å². The lowest BCUT2D eigenvalue weighted by atomic mass is 9.91. The lowest BCUT2D eigenvalue weighted by molar-refractivity contribution is -0.305. The molecule has 0 radical (unpaired) electrons. The first-order valence-corrected chi connectivity index (χ1v) is 10.8. The van der Waals surface area contributed by atoms with Crippen LogP contribution in [0.4, 0.5) is 13.2 Å². The van der Waals surface area contributed by atoms with Crippen molar-refractivity contribution in [3.8, 4) is 0 Å². The summed E-state index contributed by atoms with van der Waals surface area (Å²) in [4.78, 5) is 0. The number of halogens is 3. The maximum absolute atomic E-state index is 11.2. The smallest absolute Gasteiger partial charge is 0.411 e. The topological polar surface area (TPSA) is 42.5 Å². The molecule has 31 heavy (non-hydrogen) atoms. The molecule has 176 valence electrons. The van der Waals surface area contributed by atoms with Crippen LogP contribution >= 0.6 is 0 Å². The molecule has 0 aromatic heterocycles. The van der Waals surface area contributed by atoms with Gasteiger partial charge in [0.15, 0.2) is 0 Å². The summed E-state index contributed by atoms with van der Waals surface area (Å²) in [6.45, 7) is 11.9. The Labute approximate surface area is 184 Å². The summed E-state index contributed by atoms with van der Waals surface area (Å²) >= 11 is 0. The molecule has 0 saturated carbocycles. The van der Waals surface area contributed by atoms with Gasteiger partial charge in [-0.2, -0.15) is 0 Å². The van der Waals surface area contributed by atoms with E-state index in [0.717, 1.165) is 26.1 Å². The molecule has 1 heterocycles. The molecule has 2 N–H and O–H groups in total. The summed E-state index contributed by atoms with van der Waals surface area (Å²) in [5, 5.41) is 7.39. The van der Waals surface area contributed by atoms with E-state index >= 15 is 0 Å². The molecule has 1 aliphatic heterocycles. The zero-order valence-corrected chi connectivity index (χ0v) is 19.1. The Bertz CT molecular complexity index is 663. The van der Waals surface area contributed by atoms with Crippen LogP contribution in [0.25, 0.3) is 0 Å². The second-order valence-electron chi connectivity index (χ2n) is 7.64. The van der Waals surface area contributed by atoms with E-state index in [1.807, 2.05) is 0 Å². The highest BCUT2D eigenvalue weighted by atomic mass is 19.4. The first-order valence-electron chi connectivity index (χ1n) is 10.8. The van der Waals surface area contributed by atoms with Gasteiger partial charge in [0.25, 0.3) is 0 Å². The molecular weight excluding hydrogens is 405 g/mol. The number of methoxy groups -OCH3 is 1. The Balaban J connectivity index is 0.000000452. The van der Waals surface area contributed by atoms with Gasteiger partial charge in [-0.15, -0.1) is 13.2 Å². The lowest BCUT2D eigenvalue weighted by Gasteiger charge is -2.34. The number of nitrogens with one attached hydrogen (secondary N) is 2. The van der Waals surface area contributed by atoms with Crippen molar-refractivity contribution in [1.29, 1.82) is 0 Å². The van der Waals surface area contributed by atoms with Gasteiger partial charge in [-0.25, -0.2) is 0 Å². The number of piperidine rings is 1. The van der Waals surface area contributed by atoms with E-state index < -0.39 is 6.36 Å². The fourth-order valence-corrected chi connectivity index (χ4v) is 3.49. The SMILES string of the molecule is C/C=C(\C)OC(F)(F)F.C=C(CN[C@H]1CCCN[C@H]1c1ccccc1)C(CC)COC. The van der Waals surface area contributed by atoms with Crippen molar-refractivity contribution >= 4 is 0 Å². The summed E-state index contributed by atoms with van der Waals surface area (Å²) in [6.07, 6.45) is 0.215. The average molecular weight is 443 g/mol. The van der Waals surface area contributed by atoms with Gasteiger partial charge in [-0.05, 0) is 51.3 Å². The van der Waals surface area contributed by atoms with Crippen LogP contribution in [0.5, 0.6) is 0 Å². The van der Waals surface area contributed by atoms with Crippen molar-refractivity contribution in [3.05, 3.63) is 59.9 Å². The van der Waals surface area contributed by atoms with Gasteiger partial charge in [0.05, 0.1) is 12.4 Å². The highest BCUT2D eigenvalue weighted by Crippen LogP contribution is 2.24. The molecule has 0 spiro atoms. The second kappa shape index (κ2) is 14.3. The molecule has 3 atom stereocenters. The Morgan fingerprint density at radius 1 is 1.32 bits per heavy atom. The van der Waals surface area contributed by atoms with E-state index in [1.165, 1.54) is 43.9 Å². The van der Waals surface area contributed by atoms with Crippen molar-refractivity contribution in [2.75, 3.05) is 26.8 Å². The molecule has 1 aliphatic rings. The van der Waals surface area contributed by atoms with E-state index in [2.05, 4.69) is 59.2 Å². The van der Waals surface area contributed by atoms with E-state index in [1.54, 1.807) is 7.11 Å². The monoisotopic (exact) mass is 442 g/mol. The maximum atomic E-state index is 11.2. The Kier molecular flexibility index (Phi) is 12.5. The van der Waals surface area contributed by atoms with Crippen molar-refractivity contribution in [2.45, 2.75) is 58.5 Å². The van der Waals surface area contributed by atoms with Crippen LogP contribution in [-0.4, -0.2) is 39.2 Å². The number of rotatable bonds is 9. The summed E-state index contributed by atoms with van der Waals surface area (Å²) < 4.78 is 42.4. The normalized spacial score (nSPS) is 20.4. The Morgan fingerprint density at radius 3 is 2.52 bits per heavy atom. The van der Waals surface area contributed by atoms with E-state index in [4.69, 9.17) is 4.74 Å². The fourth-order valence-electron chi connectivity index (χ4n) is 3.49. The van der Waals surface area contributed by atoms with E-state index in [9.17, 15) is 13.2 Å². The Morgan fingerprint density at radius 2 is 2.00 bits per heavy atom. The van der Waals surface area contributed by atoms with Gasteiger partial charge in [0.2, 0.25) is 0 Å². The predicted molar refractivity (Wildman–Crippen MR) is 120 cm³/mol. The minimum Gasteiger partial charge on any atom is -0.411 e. The zero-order chi connectivity index (χ0) is 23.3. The molecule has 1 aromatic rings. The molecule has 1 aromatic carbocycles. The van der Waals surface area contributed by atoms with Crippen LogP contribution in [0.1, 0.15) is 51.6 Å². The number of hydrogen-bond acceptors (Lipinski definition) is 4. The fraction of sp³-hybridized carbons (Fsp3) is 0.583. The van der Waals surface area contributed by atoms with Crippen molar-refractivity contribution in [3.63, 3.8) is 0 Å². The highest BCUT2D eigenvalue weighted by molar-refractivity contribution is 5.21. The third-order valence-electron chi connectivity index (χ3n) is 5.33. The molecular formula is C24H37F3N2O2. The first kappa shape index (κ1) is 27.2. The average Bonchev–Trinajstić information content (AvgIpc) is 2.76. The zero-order valence-electron chi connectivity index (χ0n) is 19.1. The molecule has 0 aliphatic carbocycles. The highest BCUT2D eigenvalue weighted by Gasteiger charge is 2.30. The standard InChI is InChI=1S/C19H30N2O.C5H7F3O/c1-4-16(14-22-3)15(2)13-21-18-11-8-12-20-19(18)17-9-6-5-7-10-17;1-3-4(2)9-5(6,7)8/h5-7,9-10,16,18-21H,2,4,8,11-14H2,1,3H3;3H,1-2H3/b;4-3+/t16?,18-,19-;/m0./s1. The van der Waals surface area contributed by atoms with Gasteiger partial charge in [0.1, 0.15) is 0 Å². The largest absolute Gasteiger partial charge is 0.572 e. The van der Waals surface area contributed by atoms with Crippen molar-refractivity contribution in [1.82, 2.24) is 10.6 Å². The van der Waals surface area contributed by atoms with Crippen LogP contribution in [0.2, 0.25) is 0 Å². The molecule has 0 amide bonds. The van der Waals surface area contributed by atoms with Crippen LogP contribution in [0.15, 0.2) is 54.3 Å². The summed E-state index contributed by atoms with van der Waals surface area (Å²) in [5.74, 6) is 0.312. The molecule has 0 bridgehead atoms. The third kappa shape index (κ3) is 10.8. The van der Waals surface area contributed by atoms with Gasteiger partial charge < -0.3 is 20.1 Å². The molecule has 1 saturated heterocycles. The lowest BCUT2D eigenvalue weighted by Crippen LogP contribution is -2.46. The van der Waals surface area contributed by atoms with Crippen LogP contribution in [-0.2, 0) is 9.47 Å². The maximum Gasteiger partial charge on any atom is 0.572 e. The number of allylic oxidation sites excluding steroid dienone is 2. The molecule has 7 heteroatoms. The number of alkyl halides is 3. The minimum absolute atomic E-state index is 0.137. The second-order valence-corrected chi connectivity index (χ2v) is 7.64. The Hall–Kier alpha value is -1.83. The van der Waals surface area contributed by atoms with E-state index in [0.29, 0.717) is 18.0 Å². The van der Waals surface area contributed by atoms with Gasteiger partial charge >= 0.3 is 6.36 Å². The minimum atomic E-state index is -4.55. The number of hydrogen-bond donors (Lipinski definition) is 2. The molecule has 1 unspecified atom stereocenters. The van der Waals surface area contributed by atoms with Crippen LogP contribution < -0.4 is 10.6 Å². The van der Waals surface area contributed by atoms with Crippen LogP contribution in [0.3, 0.4) is 0 Å². The van der Waals surface area contributed by atoms with E-state index in [-0.39, 0.29) is 5.76 Å². The summed E-state index contributed by atoms with van der Waals surface area (Å²) in [6, 6.07) is 11.6. The molecule has 1 fully saturated rings. The third-order valence-corrected chi connectivity index (χ3v) is 5.33. The molecule has 4 nitrogen and oxygen atoms in total. The van der Waals surface area contributed by atoms with Gasteiger partial charge in [-0.3, -0.25) is 0 Å². The summed E-state index contributed by atoms with van der Waals surface area (Å²) in [7, 11) is 1.76. The van der Waals surface area contributed by atoms with Crippen molar-refractivity contribution < 1.29 is 22.6 Å². The number of benzene rings is 1. The predicted octanol–water partition coefficient (Wildman–Crippen LogP) is 5.74.